The second-order valence-corrected chi connectivity index (χ2v) is 15.8. The molecule has 0 saturated carbocycles. The molecule has 0 aromatic heterocycles. The summed E-state index contributed by atoms with van der Waals surface area (Å²) in [5, 5.41) is 5.73. The smallest absolute Gasteiger partial charge is 0.407 e. The molecular formula is C42H62N4O12. The molecule has 3 heterocycles. The second kappa shape index (κ2) is 20.8. The van der Waals surface area contributed by atoms with Gasteiger partial charge in [0.25, 0.3) is 0 Å². The first kappa shape index (κ1) is 46.0. The zero-order valence-electron chi connectivity index (χ0n) is 35.3. The lowest BCUT2D eigenvalue weighted by Gasteiger charge is -2.36. The topological polar surface area (TPSA) is 180 Å². The number of hydrogen-bond acceptors (Lipinski definition) is 13. The van der Waals surface area contributed by atoms with Crippen LogP contribution in [-0.4, -0.2) is 124 Å². The number of benzene rings is 1. The number of hydrogen-bond donors (Lipinski definition) is 2. The number of carbonyl (C=O) groups is 5. The van der Waals surface area contributed by atoms with Crippen LogP contribution in [0.4, 0.5) is 4.79 Å². The first-order valence-corrected chi connectivity index (χ1v) is 20.0. The molecule has 4 atom stereocenters. The maximum atomic E-state index is 13.7. The predicted molar refractivity (Wildman–Crippen MR) is 213 cm³/mol. The highest BCUT2D eigenvalue weighted by Crippen LogP contribution is 2.43. The number of esters is 2. The lowest BCUT2D eigenvalue weighted by molar-refractivity contribution is -0.161. The Kier molecular flexibility index (Phi) is 16.5. The van der Waals surface area contributed by atoms with Gasteiger partial charge in [-0.15, -0.1) is 0 Å². The minimum Gasteiger partial charge on any atom is -0.464 e. The SMILES string of the molecule is C=C/C=C(\CCOC(=O)[C@]1(C)CCCN1C(=O)[C@@H](NCOCOC)C(C)C)c1ccc(CCOC(=O)[C@]2(C)CCCN2C(=O)[C@@H](NC(=O)OC)C(C)C)c2c1OCO2. The number of amides is 3. The minimum absolute atomic E-state index is 0.00574. The number of nitrogens with zero attached hydrogens (tertiary/aromatic N) is 2. The third-order valence-corrected chi connectivity index (χ3v) is 11.1. The Morgan fingerprint density at radius 1 is 0.862 bits per heavy atom. The van der Waals surface area contributed by atoms with E-state index in [4.69, 9.17) is 33.2 Å². The van der Waals surface area contributed by atoms with Crippen LogP contribution in [0.25, 0.3) is 5.57 Å². The van der Waals surface area contributed by atoms with Crippen molar-refractivity contribution in [3.63, 3.8) is 0 Å². The van der Waals surface area contributed by atoms with E-state index < -0.39 is 41.2 Å². The standard InChI is InChI=1S/C42H62N4O12/c1-10-13-29(16-22-55-38(49)41(6)18-11-20-45(41)36(47)32(27(2)3)43-24-54-25-52-8)31-15-14-30(34-35(31)58-26-57-34)17-23-56-39(50)42(7)19-12-21-46(42)37(48)33(28(4)5)44-40(51)53-9/h10,13-15,27-28,32-33,43H,1,11-12,16-26H2,2-9H3,(H,44,51)/b29-13+/t32-,33-,41-,42-/m0/s1. The van der Waals surface area contributed by atoms with Crippen molar-refractivity contribution in [2.45, 2.75) is 103 Å². The monoisotopic (exact) mass is 814 g/mol. The molecule has 2 fully saturated rings. The number of allylic oxidation sites excluding steroid dienone is 2. The van der Waals surface area contributed by atoms with Gasteiger partial charge < -0.3 is 48.3 Å². The molecule has 3 aliphatic heterocycles. The van der Waals surface area contributed by atoms with Crippen molar-refractivity contribution in [2.24, 2.45) is 11.8 Å². The van der Waals surface area contributed by atoms with Crippen molar-refractivity contribution in [2.75, 3.05) is 60.8 Å². The van der Waals surface area contributed by atoms with Crippen molar-refractivity contribution in [1.82, 2.24) is 20.4 Å². The summed E-state index contributed by atoms with van der Waals surface area (Å²) in [5.74, 6) is -0.804. The van der Waals surface area contributed by atoms with Gasteiger partial charge in [0.05, 0.1) is 26.4 Å². The molecule has 2 saturated heterocycles. The lowest BCUT2D eigenvalue weighted by Crippen LogP contribution is -2.58. The Bertz CT molecular complexity index is 1680. The summed E-state index contributed by atoms with van der Waals surface area (Å²) in [4.78, 5) is 69.6. The van der Waals surface area contributed by atoms with Crippen LogP contribution in [0.3, 0.4) is 0 Å². The van der Waals surface area contributed by atoms with E-state index in [9.17, 15) is 24.0 Å². The highest BCUT2D eigenvalue weighted by atomic mass is 16.7. The first-order valence-electron chi connectivity index (χ1n) is 20.0. The van der Waals surface area contributed by atoms with E-state index in [1.54, 1.807) is 24.8 Å². The number of carbonyl (C=O) groups excluding carboxylic acids is 5. The van der Waals surface area contributed by atoms with E-state index in [-0.39, 0.29) is 57.2 Å². The molecule has 0 aliphatic carbocycles. The van der Waals surface area contributed by atoms with Gasteiger partial charge in [-0.3, -0.25) is 14.9 Å². The molecular weight excluding hydrogens is 752 g/mol. The van der Waals surface area contributed by atoms with Gasteiger partial charge in [0.1, 0.15) is 30.6 Å². The molecule has 0 bridgehead atoms. The molecule has 1 aromatic rings. The summed E-state index contributed by atoms with van der Waals surface area (Å²) < 4.78 is 38.4. The molecule has 16 heteroatoms. The maximum absolute atomic E-state index is 13.7. The fraction of sp³-hybridized carbons (Fsp3) is 0.643. The van der Waals surface area contributed by atoms with Crippen LogP contribution >= 0.6 is 0 Å². The van der Waals surface area contributed by atoms with Crippen molar-refractivity contribution < 1.29 is 57.1 Å². The number of likely N-dealkylation sites (tertiary alicyclic amines) is 2. The maximum Gasteiger partial charge on any atom is 0.407 e. The Hall–Kier alpha value is -4.67. The van der Waals surface area contributed by atoms with E-state index in [1.807, 2.05) is 45.9 Å². The molecule has 3 amide bonds. The predicted octanol–water partition coefficient (Wildman–Crippen LogP) is 4.34. The number of ether oxygens (including phenoxy) is 7. The van der Waals surface area contributed by atoms with Gasteiger partial charge in [-0.2, -0.15) is 0 Å². The fourth-order valence-corrected chi connectivity index (χ4v) is 7.75. The van der Waals surface area contributed by atoms with Gasteiger partial charge in [-0.25, -0.2) is 14.4 Å². The molecule has 58 heavy (non-hydrogen) atoms. The summed E-state index contributed by atoms with van der Waals surface area (Å²) in [7, 11) is 2.75. The Labute approximate surface area is 341 Å². The second-order valence-electron chi connectivity index (χ2n) is 15.8. The van der Waals surface area contributed by atoms with Gasteiger partial charge in [0.15, 0.2) is 11.5 Å². The number of rotatable bonds is 20. The molecule has 4 rings (SSSR count). The van der Waals surface area contributed by atoms with Crippen LogP contribution in [0.2, 0.25) is 0 Å². The highest BCUT2D eigenvalue weighted by molar-refractivity contribution is 5.93. The van der Waals surface area contributed by atoms with E-state index >= 15 is 0 Å². The molecule has 2 N–H and O–H groups in total. The fourth-order valence-electron chi connectivity index (χ4n) is 7.75. The Morgan fingerprint density at radius 2 is 1.45 bits per heavy atom. The summed E-state index contributed by atoms with van der Waals surface area (Å²) in [5.41, 5.74) is -0.0164. The highest BCUT2D eigenvalue weighted by Gasteiger charge is 2.50. The third-order valence-electron chi connectivity index (χ3n) is 11.1. The van der Waals surface area contributed by atoms with Gasteiger partial charge in [0, 0.05) is 44.2 Å². The minimum atomic E-state index is -1.20. The van der Waals surface area contributed by atoms with Gasteiger partial charge >= 0.3 is 18.0 Å². The Morgan fingerprint density at radius 3 is 2.02 bits per heavy atom. The largest absolute Gasteiger partial charge is 0.464 e. The lowest BCUT2D eigenvalue weighted by atomic mass is 9.96. The van der Waals surface area contributed by atoms with Crippen LogP contribution in [-0.2, 0) is 49.3 Å². The number of methoxy groups -OCH3 is 2. The van der Waals surface area contributed by atoms with Crippen molar-refractivity contribution in [1.29, 1.82) is 0 Å². The van der Waals surface area contributed by atoms with Crippen LogP contribution in [0.15, 0.2) is 30.9 Å². The molecule has 1 aromatic carbocycles. The zero-order valence-corrected chi connectivity index (χ0v) is 35.3. The van der Waals surface area contributed by atoms with Crippen molar-refractivity contribution >= 4 is 35.4 Å². The number of alkyl carbamates (subject to hydrolysis) is 1. The van der Waals surface area contributed by atoms with E-state index in [2.05, 4.69) is 17.2 Å². The molecule has 0 unspecified atom stereocenters. The average molecular weight is 815 g/mol. The molecule has 0 radical (unpaired) electrons. The van der Waals surface area contributed by atoms with E-state index in [0.717, 1.165) is 16.7 Å². The third kappa shape index (κ3) is 10.5. The van der Waals surface area contributed by atoms with Gasteiger partial charge in [-0.1, -0.05) is 58.6 Å². The van der Waals surface area contributed by atoms with Crippen LogP contribution in [0, 0.1) is 11.8 Å². The van der Waals surface area contributed by atoms with Crippen LogP contribution in [0.1, 0.15) is 84.8 Å². The van der Waals surface area contributed by atoms with Crippen molar-refractivity contribution in [3.05, 3.63) is 42.0 Å². The van der Waals surface area contributed by atoms with Gasteiger partial charge in [-0.05, 0) is 56.9 Å². The quantitative estimate of drug-likeness (QED) is 0.0625. The summed E-state index contributed by atoms with van der Waals surface area (Å²) in [6.07, 6.45) is 5.59. The normalized spacial score (nSPS) is 21.2. The average Bonchev–Trinajstić information content (AvgIpc) is 3.95. The van der Waals surface area contributed by atoms with E-state index in [0.29, 0.717) is 63.1 Å². The zero-order chi connectivity index (χ0) is 42.6. The number of fused-ring (bicyclic) bond motifs is 1. The molecule has 16 nitrogen and oxygen atoms in total. The van der Waals surface area contributed by atoms with Crippen LogP contribution < -0.4 is 20.1 Å². The molecule has 3 aliphatic rings. The van der Waals surface area contributed by atoms with E-state index in [1.165, 1.54) is 19.1 Å². The first-order chi connectivity index (χ1) is 27.6. The Balaban J connectivity index is 1.38. The van der Waals surface area contributed by atoms with Gasteiger partial charge in [0.2, 0.25) is 18.6 Å². The molecule has 322 valence electrons. The van der Waals surface area contributed by atoms with Crippen molar-refractivity contribution in [3.8, 4) is 11.5 Å². The molecule has 0 spiro atoms. The summed E-state index contributed by atoms with van der Waals surface area (Å²) in [6.45, 7) is 15.9. The van der Waals surface area contributed by atoms with Crippen LogP contribution in [0.5, 0.6) is 11.5 Å². The summed E-state index contributed by atoms with van der Waals surface area (Å²) in [6, 6.07) is 2.34. The number of nitrogens with one attached hydrogen (secondary N) is 2. The summed E-state index contributed by atoms with van der Waals surface area (Å²) >= 11 is 0.